The van der Waals surface area contributed by atoms with Gasteiger partial charge in [-0.15, -0.1) is 0 Å². The first kappa shape index (κ1) is 12.7. The molecule has 0 aromatic heterocycles. The second-order valence-electron chi connectivity index (χ2n) is 3.93. The molecule has 0 spiro atoms. The number of hydrogen-bond donors (Lipinski definition) is 2. The van der Waals surface area contributed by atoms with Crippen molar-refractivity contribution < 1.29 is 14.8 Å². The van der Waals surface area contributed by atoms with E-state index in [1.54, 1.807) is 24.3 Å². The number of nitrogens with two attached hydrogens (primary N) is 1. The van der Waals surface area contributed by atoms with Crippen molar-refractivity contribution in [3.05, 3.63) is 46.5 Å². The minimum Gasteiger partial charge on any atom is -0.500 e. The van der Waals surface area contributed by atoms with Gasteiger partial charge in [-0.05, 0) is 29.3 Å². The van der Waals surface area contributed by atoms with Gasteiger partial charge in [-0.1, -0.05) is 12.1 Å². The number of benzene rings is 2. The first-order valence-electron chi connectivity index (χ1n) is 5.44. The summed E-state index contributed by atoms with van der Waals surface area (Å²) >= 11 is 0. The molecule has 0 fully saturated rings. The maximum atomic E-state index is 10.9. The number of nitrogen functional groups attached to an aromatic ring is 1. The molecule has 6 nitrogen and oxygen atoms in total. The van der Waals surface area contributed by atoms with Crippen LogP contribution in [-0.2, 0) is 0 Å². The van der Waals surface area contributed by atoms with Crippen LogP contribution >= 0.6 is 0 Å². The molecule has 0 saturated carbocycles. The average Bonchev–Trinajstić information content (AvgIpc) is 2.38. The van der Waals surface area contributed by atoms with Crippen LogP contribution in [0, 0.1) is 10.1 Å². The third-order valence-corrected chi connectivity index (χ3v) is 2.69. The minimum absolute atomic E-state index is 0.0478. The van der Waals surface area contributed by atoms with Crippen molar-refractivity contribution >= 4 is 11.4 Å². The summed E-state index contributed by atoms with van der Waals surface area (Å²) in [6, 6.07) is 9.73. The molecule has 0 atom stereocenters. The van der Waals surface area contributed by atoms with Crippen molar-refractivity contribution in [1.29, 1.82) is 0 Å². The fourth-order valence-electron chi connectivity index (χ4n) is 1.77. The molecular weight excluding hydrogens is 248 g/mol. The van der Waals surface area contributed by atoms with E-state index in [2.05, 4.69) is 0 Å². The number of anilines is 1. The highest BCUT2D eigenvalue weighted by molar-refractivity contribution is 5.74. The van der Waals surface area contributed by atoms with E-state index < -0.39 is 16.4 Å². The van der Waals surface area contributed by atoms with Crippen molar-refractivity contribution in [3.63, 3.8) is 0 Å². The molecule has 2 aromatic carbocycles. The molecule has 0 aliphatic carbocycles. The molecule has 2 rings (SSSR count). The monoisotopic (exact) mass is 260 g/mol. The third-order valence-electron chi connectivity index (χ3n) is 2.69. The van der Waals surface area contributed by atoms with E-state index in [0.29, 0.717) is 16.8 Å². The predicted octanol–water partition coefficient (Wildman–Crippen LogP) is 2.56. The lowest BCUT2D eigenvalue weighted by Crippen LogP contribution is -1.93. The fraction of sp³-hybridized carbons (Fsp3) is 0.0769. The van der Waals surface area contributed by atoms with Gasteiger partial charge in [0.25, 0.3) is 0 Å². The topological polar surface area (TPSA) is 98.6 Å². The lowest BCUT2D eigenvalue weighted by Gasteiger charge is -2.08. The summed E-state index contributed by atoms with van der Waals surface area (Å²) in [4.78, 5) is 10.2. The van der Waals surface area contributed by atoms with Crippen LogP contribution in [0.2, 0.25) is 0 Å². The van der Waals surface area contributed by atoms with Crippen LogP contribution in [0.3, 0.4) is 0 Å². The van der Waals surface area contributed by atoms with Gasteiger partial charge in [-0.3, -0.25) is 10.1 Å². The lowest BCUT2D eigenvalue weighted by molar-refractivity contribution is -0.385. The number of rotatable bonds is 3. The number of phenolic OH excluding ortho intramolecular Hbond substituents is 1. The molecule has 0 aliphatic heterocycles. The zero-order valence-electron chi connectivity index (χ0n) is 10.2. The number of phenols is 1. The first-order chi connectivity index (χ1) is 9.02. The Morgan fingerprint density at radius 2 is 2.00 bits per heavy atom. The summed E-state index contributed by atoms with van der Waals surface area (Å²) in [7, 11) is 1.34. The molecular formula is C13H12N2O4. The highest BCUT2D eigenvalue weighted by Crippen LogP contribution is 2.40. The van der Waals surface area contributed by atoms with Crippen LogP contribution in [0.5, 0.6) is 11.5 Å². The number of ether oxygens (including phenoxy) is 1. The van der Waals surface area contributed by atoms with Gasteiger partial charge in [0.2, 0.25) is 5.75 Å². The summed E-state index contributed by atoms with van der Waals surface area (Å²) in [5.41, 5.74) is 7.08. The molecule has 98 valence electrons. The van der Waals surface area contributed by atoms with Crippen molar-refractivity contribution in [1.82, 2.24) is 0 Å². The Kier molecular flexibility index (Phi) is 3.24. The largest absolute Gasteiger partial charge is 0.500 e. The Labute approximate surface area is 109 Å². The standard InChI is InChI=1S/C13H12N2O4/c1-19-12-7-9(6-11(13(12)16)15(17)18)8-3-2-4-10(14)5-8/h2-7,16H,14H2,1H3. The zero-order chi connectivity index (χ0) is 14.0. The van der Waals surface area contributed by atoms with Gasteiger partial charge in [-0.2, -0.15) is 0 Å². The smallest absolute Gasteiger partial charge is 0.315 e. The Morgan fingerprint density at radius 3 is 2.58 bits per heavy atom. The summed E-state index contributed by atoms with van der Waals surface area (Å²) in [5.74, 6) is -0.438. The summed E-state index contributed by atoms with van der Waals surface area (Å²) < 4.78 is 4.94. The predicted molar refractivity (Wildman–Crippen MR) is 71.2 cm³/mol. The maximum Gasteiger partial charge on any atom is 0.315 e. The van der Waals surface area contributed by atoms with E-state index in [-0.39, 0.29) is 5.75 Å². The molecule has 0 bridgehead atoms. The minimum atomic E-state index is -0.659. The van der Waals surface area contributed by atoms with E-state index in [0.717, 1.165) is 0 Å². The maximum absolute atomic E-state index is 10.9. The number of nitro groups is 1. The second kappa shape index (κ2) is 4.85. The zero-order valence-corrected chi connectivity index (χ0v) is 10.2. The number of nitrogens with zero attached hydrogens (tertiary/aromatic N) is 1. The highest BCUT2D eigenvalue weighted by atomic mass is 16.6. The van der Waals surface area contributed by atoms with Crippen LogP contribution in [-0.4, -0.2) is 17.1 Å². The van der Waals surface area contributed by atoms with Crippen LogP contribution in [0.1, 0.15) is 0 Å². The van der Waals surface area contributed by atoms with Crippen LogP contribution in [0.4, 0.5) is 11.4 Å². The van der Waals surface area contributed by atoms with Gasteiger partial charge in [0.05, 0.1) is 12.0 Å². The Hall–Kier alpha value is -2.76. The Bertz CT molecular complexity index is 641. The summed E-state index contributed by atoms with van der Waals surface area (Å²) in [6.07, 6.45) is 0. The van der Waals surface area contributed by atoms with Crippen molar-refractivity contribution in [2.24, 2.45) is 0 Å². The quantitative estimate of drug-likeness (QED) is 0.502. The summed E-state index contributed by atoms with van der Waals surface area (Å²) in [5, 5.41) is 20.6. The van der Waals surface area contributed by atoms with Crippen molar-refractivity contribution in [2.45, 2.75) is 0 Å². The van der Waals surface area contributed by atoms with E-state index in [1.807, 2.05) is 0 Å². The molecule has 0 saturated heterocycles. The molecule has 6 heteroatoms. The molecule has 2 aromatic rings. The molecule has 3 N–H and O–H groups in total. The van der Waals surface area contributed by atoms with Gasteiger partial charge in [0.1, 0.15) is 0 Å². The van der Waals surface area contributed by atoms with E-state index in [4.69, 9.17) is 10.5 Å². The van der Waals surface area contributed by atoms with Gasteiger partial charge >= 0.3 is 5.69 Å². The summed E-state index contributed by atoms with van der Waals surface area (Å²) in [6.45, 7) is 0. The highest BCUT2D eigenvalue weighted by Gasteiger charge is 2.20. The normalized spacial score (nSPS) is 10.2. The van der Waals surface area contributed by atoms with Crippen LogP contribution in [0.15, 0.2) is 36.4 Å². The van der Waals surface area contributed by atoms with Crippen LogP contribution < -0.4 is 10.5 Å². The molecule has 0 heterocycles. The first-order valence-corrected chi connectivity index (χ1v) is 5.44. The second-order valence-corrected chi connectivity index (χ2v) is 3.93. The van der Waals surface area contributed by atoms with Gasteiger partial charge in [0, 0.05) is 11.8 Å². The van der Waals surface area contributed by atoms with E-state index in [1.165, 1.54) is 19.2 Å². The lowest BCUT2D eigenvalue weighted by atomic mass is 10.0. The fourth-order valence-corrected chi connectivity index (χ4v) is 1.77. The Balaban J connectivity index is 2.64. The van der Waals surface area contributed by atoms with E-state index in [9.17, 15) is 15.2 Å². The SMILES string of the molecule is COc1cc(-c2cccc(N)c2)cc([N+](=O)[O-])c1O. The third kappa shape index (κ3) is 2.42. The number of hydrogen-bond acceptors (Lipinski definition) is 5. The molecule has 19 heavy (non-hydrogen) atoms. The van der Waals surface area contributed by atoms with E-state index >= 15 is 0 Å². The van der Waals surface area contributed by atoms with Crippen molar-refractivity contribution in [3.8, 4) is 22.6 Å². The molecule has 0 aliphatic rings. The van der Waals surface area contributed by atoms with Gasteiger partial charge in [0.15, 0.2) is 5.75 Å². The van der Waals surface area contributed by atoms with Gasteiger partial charge < -0.3 is 15.6 Å². The molecule has 0 unspecified atom stereocenters. The number of methoxy groups -OCH3 is 1. The van der Waals surface area contributed by atoms with Gasteiger partial charge in [-0.25, -0.2) is 0 Å². The van der Waals surface area contributed by atoms with Crippen molar-refractivity contribution in [2.75, 3.05) is 12.8 Å². The average molecular weight is 260 g/mol. The van der Waals surface area contributed by atoms with Crippen LogP contribution in [0.25, 0.3) is 11.1 Å². The molecule has 0 radical (unpaired) electrons. The number of nitro benzene ring substituents is 1. The number of aromatic hydroxyl groups is 1. The Morgan fingerprint density at radius 1 is 1.26 bits per heavy atom. The molecule has 0 amide bonds.